The van der Waals surface area contributed by atoms with Crippen LogP contribution in [0.15, 0.2) is 168 Å². The van der Waals surface area contributed by atoms with Crippen molar-refractivity contribution in [1.82, 2.24) is 25.0 Å². The Bertz CT molecular complexity index is 2500. The fraction of sp³-hybridized carbons (Fsp3) is 0. The van der Waals surface area contributed by atoms with Crippen molar-refractivity contribution in [2.75, 3.05) is 0 Å². The molecule has 0 radical (unpaired) electrons. The number of nitrogens with zero attached hydrogens (tertiary/aromatic N) is 8. The van der Waals surface area contributed by atoms with E-state index in [1.165, 1.54) is 0 Å². The summed E-state index contributed by atoms with van der Waals surface area (Å²) in [5, 5.41) is 2.02. The maximum absolute atomic E-state index is 8.25. The zero-order valence-electron chi connectivity index (χ0n) is 26.4. The van der Waals surface area contributed by atoms with Crippen LogP contribution >= 0.6 is 8.58 Å². The van der Waals surface area contributed by atoms with E-state index >= 15 is 0 Å². The Labute approximate surface area is 298 Å². The van der Waals surface area contributed by atoms with E-state index in [4.69, 9.17) is 18.6 Å². The second-order valence-corrected chi connectivity index (χ2v) is 19.5. The third kappa shape index (κ3) is 4.54. The van der Waals surface area contributed by atoms with Crippen molar-refractivity contribution in [1.29, 1.82) is 0 Å². The van der Waals surface area contributed by atoms with Gasteiger partial charge in [0.2, 0.25) is 0 Å². The summed E-state index contributed by atoms with van der Waals surface area (Å²) in [5.74, 6) is 0. The molecule has 0 spiro atoms. The molecule has 10 heteroatoms. The number of hydrogen-bond acceptors (Lipinski definition) is 6. The summed E-state index contributed by atoms with van der Waals surface area (Å²) in [6.07, 6.45) is 23.1. The van der Waals surface area contributed by atoms with Gasteiger partial charge in [0.25, 0.3) is 0 Å². The van der Waals surface area contributed by atoms with E-state index in [0.717, 1.165) is 89.4 Å². The zero-order chi connectivity index (χ0) is 33.2. The van der Waals surface area contributed by atoms with E-state index in [1.54, 1.807) is 0 Å². The average Bonchev–Trinajstić information content (AvgIpc) is 3.99. The second kappa shape index (κ2) is 11.8. The number of hydrogen-bond donors (Lipinski definition) is 0. The minimum absolute atomic E-state index is 0.870. The van der Waals surface area contributed by atoms with E-state index in [-0.39, 0.29) is 0 Å². The van der Waals surface area contributed by atoms with Gasteiger partial charge < -0.3 is 0 Å². The predicted octanol–water partition coefficient (Wildman–Crippen LogP) is 5.46. The van der Waals surface area contributed by atoms with Crippen molar-refractivity contribution in [2.24, 2.45) is 9.98 Å². The minimum atomic E-state index is -3.78. The monoisotopic (exact) mass is 766 g/mol. The molecule has 4 aliphatic rings. The average molecular weight is 767 g/mol. The van der Waals surface area contributed by atoms with Crippen LogP contribution < -0.4 is 10.7 Å². The Morgan fingerprint density at radius 3 is 1.14 bits per heavy atom. The molecule has 0 amide bonds. The van der Waals surface area contributed by atoms with Crippen LogP contribution in [0.3, 0.4) is 0 Å². The van der Waals surface area contributed by atoms with Gasteiger partial charge >= 0.3 is 301 Å². The van der Waals surface area contributed by atoms with Crippen LogP contribution in [-0.2, 0) is 0 Å². The molecular formula is C40H24ClInN8. The molecule has 6 aromatic heterocycles. The molecule has 0 aliphatic carbocycles. The zero-order valence-corrected chi connectivity index (χ0v) is 30.4. The molecule has 0 atom stereocenters. The Morgan fingerprint density at radius 1 is 0.400 bits per heavy atom. The van der Waals surface area contributed by atoms with Crippen molar-refractivity contribution in [3.8, 4) is 0 Å². The SMILES string of the molecule is [Cl][In]1[n]2c3ccc2C(c2ccncc2)=C2C=CC(=N2)C(c2ccncc2)=c2ccc([n]21)=C(c1ccncc1)C1=NC(=C3c2ccncc2)C=C1. The molecular weight excluding hydrogens is 743 g/mol. The van der Waals surface area contributed by atoms with Crippen LogP contribution in [0.25, 0.3) is 22.3 Å². The van der Waals surface area contributed by atoms with E-state index in [2.05, 4.69) is 73.6 Å². The van der Waals surface area contributed by atoms with Crippen LogP contribution in [0, 0.1) is 0 Å². The van der Waals surface area contributed by atoms with Crippen molar-refractivity contribution < 1.29 is 0 Å². The topological polar surface area (TPSA) is 86.1 Å². The summed E-state index contributed by atoms with van der Waals surface area (Å²) < 4.78 is 4.85. The van der Waals surface area contributed by atoms with Crippen LogP contribution in [0.5, 0.6) is 0 Å². The van der Waals surface area contributed by atoms with Crippen molar-refractivity contribution in [2.45, 2.75) is 0 Å². The summed E-state index contributed by atoms with van der Waals surface area (Å²) in [4.78, 5) is 28.2. The molecule has 0 saturated carbocycles. The first-order valence-electron chi connectivity index (χ1n) is 16.2. The second-order valence-electron chi connectivity index (χ2n) is 12.1. The van der Waals surface area contributed by atoms with Gasteiger partial charge in [-0.15, -0.1) is 0 Å². The van der Waals surface area contributed by atoms with Gasteiger partial charge in [-0.25, -0.2) is 0 Å². The molecule has 6 bridgehead atoms. The number of aromatic nitrogens is 6. The third-order valence-corrected chi connectivity index (χ3v) is 17.7. The fourth-order valence-electron chi connectivity index (χ4n) is 7.35. The first-order chi connectivity index (χ1) is 24.7. The van der Waals surface area contributed by atoms with Crippen LogP contribution in [-0.4, -0.2) is 57.3 Å². The number of rotatable bonds is 4. The molecule has 234 valence electrons. The molecule has 4 aliphatic heterocycles. The summed E-state index contributed by atoms with van der Waals surface area (Å²) >= 11 is -3.78. The number of aliphatic imine (C=N–C) groups is 2. The third-order valence-electron chi connectivity index (χ3n) is 9.47. The van der Waals surface area contributed by atoms with Crippen molar-refractivity contribution in [3.63, 3.8) is 0 Å². The summed E-state index contributed by atoms with van der Waals surface area (Å²) in [7, 11) is 8.25. The Hall–Kier alpha value is -5.64. The molecule has 0 unspecified atom stereocenters. The quantitative estimate of drug-likeness (QED) is 0.239. The molecule has 8 nitrogen and oxygen atoms in total. The molecule has 0 fully saturated rings. The number of fused-ring (bicyclic) bond motifs is 2. The molecule has 0 N–H and O–H groups in total. The van der Waals surface area contributed by atoms with Crippen LogP contribution in [0.4, 0.5) is 0 Å². The van der Waals surface area contributed by atoms with E-state index in [9.17, 15) is 0 Å². The Balaban J connectivity index is 1.45. The van der Waals surface area contributed by atoms with Crippen molar-refractivity contribution >= 4 is 63.1 Å². The van der Waals surface area contributed by atoms with E-state index in [1.807, 2.05) is 98.1 Å². The molecule has 6 aromatic rings. The first kappa shape index (κ1) is 29.3. The number of halogens is 1. The van der Waals surface area contributed by atoms with Gasteiger partial charge in [0, 0.05) is 0 Å². The van der Waals surface area contributed by atoms with Gasteiger partial charge in [-0.1, -0.05) is 0 Å². The molecule has 10 heterocycles. The predicted molar refractivity (Wildman–Crippen MR) is 198 cm³/mol. The van der Waals surface area contributed by atoms with Gasteiger partial charge in [-0.05, 0) is 0 Å². The van der Waals surface area contributed by atoms with Gasteiger partial charge in [0.15, 0.2) is 0 Å². The molecule has 10 rings (SSSR count). The Kier molecular flexibility index (Phi) is 6.89. The van der Waals surface area contributed by atoms with E-state index < -0.39 is 20.8 Å². The summed E-state index contributed by atoms with van der Waals surface area (Å²) in [5.41, 5.74) is 13.5. The van der Waals surface area contributed by atoms with Gasteiger partial charge in [0.05, 0.1) is 0 Å². The van der Waals surface area contributed by atoms with Gasteiger partial charge in [-0.3, -0.25) is 0 Å². The number of allylic oxidation sites excluding steroid dienone is 4. The Morgan fingerprint density at radius 2 is 0.760 bits per heavy atom. The molecule has 0 aromatic carbocycles. The first-order valence-corrected chi connectivity index (χ1v) is 23.3. The number of pyridine rings is 4. The normalized spacial score (nSPS) is 15.9. The van der Waals surface area contributed by atoms with E-state index in [0.29, 0.717) is 0 Å². The summed E-state index contributed by atoms with van der Waals surface area (Å²) in [6, 6.07) is 25.1. The standard InChI is InChI=1S/C40H24N8.ClH.In/c1-2-30-38(26-11-19-42-20-12-26)32-5-6-34(47-32)40(28-15-23-44-24-16-28)36-8-7-35(48-36)39(27-13-21-43-22-14-27)33-4-3-31(46-33)37(29(1)45-30)25-9-17-41-18-10-25;;/h1-24H;1H;/q-2;;+3/p-1. The maximum atomic E-state index is 8.25. The fourth-order valence-corrected chi connectivity index (χ4v) is 15.9. The van der Waals surface area contributed by atoms with Crippen molar-refractivity contribution in [3.05, 3.63) is 202 Å². The van der Waals surface area contributed by atoms with Crippen LogP contribution in [0.1, 0.15) is 33.6 Å². The molecule has 50 heavy (non-hydrogen) atoms. The molecule has 0 saturated heterocycles. The summed E-state index contributed by atoms with van der Waals surface area (Å²) in [6.45, 7) is 0. The van der Waals surface area contributed by atoms with Gasteiger partial charge in [-0.2, -0.15) is 0 Å². The van der Waals surface area contributed by atoms with Gasteiger partial charge in [0.1, 0.15) is 0 Å². The van der Waals surface area contributed by atoms with Crippen LogP contribution in [0.2, 0.25) is 0 Å².